The molecule has 0 aliphatic heterocycles. The van der Waals surface area contributed by atoms with Gasteiger partial charge >= 0.3 is 0 Å². The quantitative estimate of drug-likeness (QED) is 0.737. The van der Waals surface area contributed by atoms with Gasteiger partial charge in [0.1, 0.15) is 0 Å². The maximum atomic E-state index is 11.8. The first kappa shape index (κ1) is 10.9. The van der Waals surface area contributed by atoms with Crippen molar-refractivity contribution in [1.82, 2.24) is 5.32 Å². The Kier molecular flexibility index (Phi) is 3.29. The second kappa shape index (κ2) is 4.52. The van der Waals surface area contributed by atoms with E-state index < -0.39 is 0 Å². The summed E-state index contributed by atoms with van der Waals surface area (Å²) in [6.07, 6.45) is 5.39. The second-order valence-electron chi connectivity index (χ2n) is 5.34. The summed E-state index contributed by atoms with van der Waals surface area (Å²) in [6.45, 7) is 3.12. The predicted molar refractivity (Wildman–Crippen MR) is 60.2 cm³/mol. The minimum Gasteiger partial charge on any atom is -0.356 e. The summed E-state index contributed by atoms with van der Waals surface area (Å²) in [5, 5.41) is 3.07. The molecule has 2 aliphatic rings. The number of rotatable bonds is 3. The first-order valence-corrected chi connectivity index (χ1v) is 6.20. The number of nitrogens with two attached hydrogens (primary N) is 1. The average Bonchev–Trinajstić information content (AvgIpc) is 2.91. The highest BCUT2D eigenvalue weighted by Gasteiger charge is 2.33. The van der Waals surface area contributed by atoms with Crippen LogP contribution in [0.4, 0.5) is 0 Å². The van der Waals surface area contributed by atoms with E-state index in [1.807, 2.05) is 0 Å². The van der Waals surface area contributed by atoms with Gasteiger partial charge in [-0.15, -0.1) is 0 Å². The van der Waals surface area contributed by atoms with Crippen LogP contribution in [0.3, 0.4) is 0 Å². The fourth-order valence-corrected chi connectivity index (χ4v) is 2.53. The average molecular weight is 210 g/mol. The number of nitrogens with one attached hydrogen (secondary N) is 1. The Balaban J connectivity index is 1.70. The van der Waals surface area contributed by atoms with E-state index in [2.05, 4.69) is 12.2 Å². The van der Waals surface area contributed by atoms with E-state index in [0.29, 0.717) is 0 Å². The third-order valence-electron chi connectivity index (χ3n) is 3.90. The molecule has 2 aliphatic carbocycles. The van der Waals surface area contributed by atoms with Gasteiger partial charge in [0.2, 0.25) is 5.91 Å². The SMILES string of the molecule is CC1CC1CNC(=O)C1CCCC(N)C1. The van der Waals surface area contributed by atoms with Crippen LogP contribution in [0.1, 0.15) is 39.0 Å². The Morgan fingerprint density at radius 1 is 1.40 bits per heavy atom. The summed E-state index contributed by atoms with van der Waals surface area (Å²) in [6, 6.07) is 0.245. The van der Waals surface area contributed by atoms with E-state index in [1.54, 1.807) is 0 Å². The largest absolute Gasteiger partial charge is 0.356 e. The molecule has 0 radical (unpaired) electrons. The van der Waals surface area contributed by atoms with Crippen LogP contribution in [0.5, 0.6) is 0 Å². The van der Waals surface area contributed by atoms with Crippen molar-refractivity contribution in [2.45, 2.75) is 45.1 Å². The molecule has 0 bridgehead atoms. The molecule has 4 atom stereocenters. The van der Waals surface area contributed by atoms with Crippen LogP contribution < -0.4 is 11.1 Å². The lowest BCUT2D eigenvalue weighted by Gasteiger charge is -2.25. The van der Waals surface area contributed by atoms with Crippen LogP contribution in [0, 0.1) is 17.8 Å². The van der Waals surface area contributed by atoms with E-state index >= 15 is 0 Å². The maximum absolute atomic E-state index is 11.8. The predicted octanol–water partition coefficient (Wildman–Crippen LogP) is 1.28. The normalized spacial score (nSPS) is 39.9. The number of carbonyl (C=O) groups excluding carboxylic acids is 1. The first-order valence-electron chi connectivity index (χ1n) is 6.20. The van der Waals surface area contributed by atoms with Crippen LogP contribution in [0.15, 0.2) is 0 Å². The first-order chi connectivity index (χ1) is 7.16. The summed E-state index contributed by atoms with van der Waals surface area (Å²) in [4.78, 5) is 11.8. The van der Waals surface area contributed by atoms with Crippen LogP contribution in [-0.2, 0) is 4.79 Å². The Labute approximate surface area is 91.8 Å². The van der Waals surface area contributed by atoms with Gasteiger partial charge in [-0.1, -0.05) is 13.3 Å². The summed E-state index contributed by atoms with van der Waals surface area (Å²) in [7, 11) is 0. The Morgan fingerprint density at radius 2 is 2.13 bits per heavy atom. The Bertz CT molecular complexity index is 242. The van der Waals surface area contributed by atoms with Crippen molar-refractivity contribution in [2.75, 3.05) is 6.54 Å². The van der Waals surface area contributed by atoms with Crippen molar-refractivity contribution in [2.24, 2.45) is 23.5 Å². The van der Waals surface area contributed by atoms with E-state index in [4.69, 9.17) is 5.73 Å². The van der Waals surface area contributed by atoms with Crippen LogP contribution in [0.25, 0.3) is 0 Å². The Hall–Kier alpha value is -0.570. The summed E-state index contributed by atoms with van der Waals surface area (Å²) in [5.74, 6) is 1.98. The van der Waals surface area contributed by atoms with Gasteiger partial charge in [0, 0.05) is 18.5 Å². The van der Waals surface area contributed by atoms with Crippen molar-refractivity contribution in [1.29, 1.82) is 0 Å². The number of amides is 1. The zero-order valence-electron chi connectivity index (χ0n) is 9.54. The third kappa shape index (κ3) is 2.94. The fraction of sp³-hybridized carbons (Fsp3) is 0.917. The van der Waals surface area contributed by atoms with Crippen molar-refractivity contribution in [3.05, 3.63) is 0 Å². The molecule has 0 aromatic heterocycles. The molecular weight excluding hydrogens is 188 g/mol. The molecule has 3 heteroatoms. The highest BCUT2D eigenvalue weighted by Crippen LogP contribution is 2.36. The monoisotopic (exact) mass is 210 g/mol. The maximum Gasteiger partial charge on any atom is 0.223 e. The number of carbonyl (C=O) groups is 1. The number of hydrogen-bond acceptors (Lipinski definition) is 2. The zero-order valence-corrected chi connectivity index (χ0v) is 9.54. The van der Waals surface area contributed by atoms with Gasteiger partial charge in [0.25, 0.3) is 0 Å². The standard InChI is InChI=1S/C12H22N2O/c1-8-5-10(8)7-14-12(15)9-3-2-4-11(13)6-9/h8-11H,2-7,13H2,1H3,(H,14,15). The minimum atomic E-state index is 0.183. The third-order valence-corrected chi connectivity index (χ3v) is 3.90. The highest BCUT2D eigenvalue weighted by molar-refractivity contribution is 5.78. The van der Waals surface area contributed by atoms with E-state index in [9.17, 15) is 4.79 Å². The molecule has 4 unspecified atom stereocenters. The summed E-state index contributed by atoms with van der Waals surface area (Å²) < 4.78 is 0. The molecule has 0 aromatic rings. The van der Waals surface area contributed by atoms with Crippen molar-refractivity contribution < 1.29 is 4.79 Å². The lowest BCUT2D eigenvalue weighted by molar-refractivity contribution is -0.126. The molecule has 2 rings (SSSR count). The van der Waals surface area contributed by atoms with Crippen molar-refractivity contribution in [3.63, 3.8) is 0 Å². The molecule has 1 amide bonds. The van der Waals surface area contributed by atoms with Gasteiger partial charge in [-0.2, -0.15) is 0 Å². The molecule has 0 aromatic carbocycles. The smallest absolute Gasteiger partial charge is 0.223 e. The molecule has 0 spiro atoms. The topological polar surface area (TPSA) is 55.1 Å². The molecule has 2 saturated carbocycles. The summed E-state index contributed by atoms with van der Waals surface area (Å²) >= 11 is 0. The van der Waals surface area contributed by atoms with Gasteiger partial charge in [0.05, 0.1) is 0 Å². The number of hydrogen-bond donors (Lipinski definition) is 2. The molecule has 3 N–H and O–H groups in total. The van der Waals surface area contributed by atoms with E-state index in [0.717, 1.165) is 44.1 Å². The van der Waals surface area contributed by atoms with Crippen molar-refractivity contribution in [3.8, 4) is 0 Å². The summed E-state index contributed by atoms with van der Waals surface area (Å²) in [5.41, 5.74) is 5.87. The molecule has 0 saturated heterocycles. The molecule has 15 heavy (non-hydrogen) atoms. The van der Waals surface area contributed by atoms with Gasteiger partial charge in [-0.25, -0.2) is 0 Å². The molecule has 2 fully saturated rings. The van der Waals surface area contributed by atoms with Gasteiger partial charge < -0.3 is 11.1 Å². The van der Waals surface area contributed by atoms with Crippen LogP contribution in [0.2, 0.25) is 0 Å². The molecule has 3 nitrogen and oxygen atoms in total. The van der Waals surface area contributed by atoms with Gasteiger partial charge in [-0.05, 0) is 37.5 Å². The van der Waals surface area contributed by atoms with Gasteiger partial charge in [0.15, 0.2) is 0 Å². The molecule has 0 heterocycles. The fourth-order valence-electron chi connectivity index (χ4n) is 2.53. The van der Waals surface area contributed by atoms with Crippen LogP contribution >= 0.6 is 0 Å². The highest BCUT2D eigenvalue weighted by atomic mass is 16.1. The minimum absolute atomic E-state index is 0.183. The van der Waals surface area contributed by atoms with Crippen molar-refractivity contribution >= 4 is 5.91 Å². The second-order valence-corrected chi connectivity index (χ2v) is 5.34. The zero-order chi connectivity index (χ0) is 10.8. The lowest BCUT2D eigenvalue weighted by atomic mass is 9.85. The molecular formula is C12H22N2O. The Morgan fingerprint density at radius 3 is 2.73 bits per heavy atom. The van der Waals surface area contributed by atoms with Crippen LogP contribution in [-0.4, -0.2) is 18.5 Å². The van der Waals surface area contributed by atoms with E-state index in [1.165, 1.54) is 6.42 Å². The molecule has 86 valence electrons. The van der Waals surface area contributed by atoms with E-state index in [-0.39, 0.29) is 17.9 Å². The van der Waals surface area contributed by atoms with Gasteiger partial charge in [-0.3, -0.25) is 4.79 Å². The lowest BCUT2D eigenvalue weighted by Crippen LogP contribution is -2.38.